The van der Waals surface area contributed by atoms with E-state index in [2.05, 4.69) is 9.97 Å². The largest absolute Gasteiger partial charge is 0.436 e. The van der Waals surface area contributed by atoms with E-state index in [0.29, 0.717) is 11.4 Å². The van der Waals surface area contributed by atoms with Crippen LogP contribution in [0.2, 0.25) is 0 Å². The molecular formula is C14H16FN3O2. The minimum atomic E-state index is -0.541. The van der Waals surface area contributed by atoms with Crippen LogP contribution < -0.4 is 16.0 Å². The van der Waals surface area contributed by atoms with Crippen molar-refractivity contribution in [2.45, 2.75) is 26.3 Å². The smallest absolute Gasteiger partial charge is 0.254 e. The van der Waals surface area contributed by atoms with Crippen LogP contribution in [0.25, 0.3) is 0 Å². The van der Waals surface area contributed by atoms with E-state index in [9.17, 15) is 9.18 Å². The topological polar surface area (TPSA) is 81.0 Å². The molecule has 0 spiro atoms. The summed E-state index contributed by atoms with van der Waals surface area (Å²) >= 11 is 0. The minimum Gasteiger partial charge on any atom is -0.436 e. The van der Waals surface area contributed by atoms with Gasteiger partial charge in [0.15, 0.2) is 11.6 Å². The first-order valence-electron chi connectivity index (χ1n) is 6.27. The third kappa shape index (κ3) is 3.21. The van der Waals surface area contributed by atoms with Crippen molar-refractivity contribution in [3.05, 3.63) is 51.8 Å². The molecule has 1 aromatic heterocycles. The SMILES string of the molecule is CC(C)c1nc(Oc2ccc(CN)cc2F)cc(=O)[nH]1. The number of aromatic amines is 1. The highest BCUT2D eigenvalue weighted by atomic mass is 19.1. The van der Waals surface area contributed by atoms with Crippen LogP contribution in [0.3, 0.4) is 0 Å². The summed E-state index contributed by atoms with van der Waals surface area (Å²) in [5.41, 5.74) is 5.76. The maximum atomic E-state index is 13.8. The third-order valence-corrected chi connectivity index (χ3v) is 2.73. The fourth-order valence-corrected chi connectivity index (χ4v) is 1.65. The highest BCUT2D eigenvalue weighted by Gasteiger charge is 2.10. The fourth-order valence-electron chi connectivity index (χ4n) is 1.65. The van der Waals surface area contributed by atoms with E-state index in [0.717, 1.165) is 0 Å². The molecule has 0 bridgehead atoms. The molecule has 2 rings (SSSR count). The molecule has 1 heterocycles. The van der Waals surface area contributed by atoms with Gasteiger partial charge in [-0.1, -0.05) is 19.9 Å². The number of benzene rings is 1. The number of H-pyrrole nitrogens is 1. The zero-order valence-corrected chi connectivity index (χ0v) is 11.3. The molecule has 0 saturated carbocycles. The first-order valence-corrected chi connectivity index (χ1v) is 6.27. The number of hydrogen-bond donors (Lipinski definition) is 2. The Kier molecular flexibility index (Phi) is 4.14. The Morgan fingerprint density at radius 2 is 2.15 bits per heavy atom. The lowest BCUT2D eigenvalue weighted by Gasteiger charge is -2.09. The van der Waals surface area contributed by atoms with E-state index >= 15 is 0 Å². The number of rotatable bonds is 4. The molecule has 3 N–H and O–H groups in total. The molecular weight excluding hydrogens is 261 g/mol. The third-order valence-electron chi connectivity index (χ3n) is 2.73. The zero-order valence-electron chi connectivity index (χ0n) is 11.3. The summed E-state index contributed by atoms with van der Waals surface area (Å²) in [5, 5.41) is 0. The lowest BCUT2D eigenvalue weighted by molar-refractivity contribution is 0.422. The Balaban J connectivity index is 2.32. The fraction of sp³-hybridized carbons (Fsp3) is 0.286. The summed E-state index contributed by atoms with van der Waals surface area (Å²) in [6.07, 6.45) is 0. The van der Waals surface area contributed by atoms with Gasteiger partial charge in [0.2, 0.25) is 5.88 Å². The molecule has 0 aliphatic carbocycles. The summed E-state index contributed by atoms with van der Waals surface area (Å²) in [7, 11) is 0. The molecule has 0 amide bonds. The monoisotopic (exact) mass is 277 g/mol. The van der Waals surface area contributed by atoms with Gasteiger partial charge in [0.05, 0.1) is 6.07 Å². The van der Waals surface area contributed by atoms with Gasteiger partial charge in [0.25, 0.3) is 5.56 Å². The molecule has 20 heavy (non-hydrogen) atoms. The van der Waals surface area contributed by atoms with Gasteiger partial charge >= 0.3 is 0 Å². The average molecular weight is 277 g/mol. The van der Waals surface area contributed by atoms with Crippen LogP contribution in [0.5, 0.6) is 11.6 Å². The molecule has 0 atom stereocenters. The Morgan fingerprint density at radius 1 is 1.40 bits per heavy atom. The van der Waals surface area contributed by atoms with Gasteiger partial charge in [-0.3, -0.25) is 4.79 Å². The Labute approximate surface area is 115 Å². The lowest BCUT2D eigenvalue weighted by atomic mass is 10.2. The standard InChI is InChI=1S/C14H16FN3O2/c1-8(2)14-17-12(19)6-13(18-14)20-11-4-3-9(7-16)5-10(11)15/h3-6,8H,7,16H2,1-2H3,(H,17,18,19). The van der Waals surface area contributed by atoms with Crippen molar-refractivity contribution in [1.82, 2.24) is 9.97 Å². The molecule has 0 fully saturated rings. The molecule has 0 radical (unpaired) electrons. The molecule has 0 aliphatic rings. The normalized spacial score (nSPS) is 10.8. The van der Waals surface area contributed by atoms with E-state index in [1.807, 2.05) is 13.8 Å². The molecule has 1 aromatic carbocycles. The van der Waals surface area contributed by atoms with Gasteiger partial charge in [-0.25, -0.2) is 4.39 Å². The van der Waals surface area contributed by atoms with Gasteiger partial charge in [-0.2, -0.15) is 4.98 Å². The van der Waals surface area contributed by atoms with Crippen molar-refractivity contribution in [3.63, 3.8) is 0 Å². The van der Waals surface area contributed by atoms with E-state index in [-0.39, 0.29) is 29.7 Å². The highest BCUT2D eigenvalue weighted by Crippen LogP contribution is 2.23. The summed E-state index contributed by atoms with van der Waals surface area (Å²) in [6, 6.07) is 5.61. The maximum absolute atomic E-state index is 13.8. The molecule has 106 valence electrons. The van der Waals surface area contributed by atoms with Crippen molar-refractivity contribution in [1.29, 1.82) is 0 Å². The number of nitrogens with one attached hydrogen (secondary N) is 1. The van der Waals surface area contributed by atoms with Gasteiger partial charge < -0.3 is 15.5 Å². The van der Waals surface area contributed by atoms with E-state index in [1.54, 1.807) is 6.07 Å². The molecule has 6 heteroatoms. The zero-order chi connectivity index (χ0) is 14.7. The molecule has 0 aliphatic heterocycles. The van der Waals surface area contributed by atoms with Crippen molar-refractivity contribution in [2.24, 2.45) is 5.73 Å². The first kappa shape index (κ1) is 14.2. The van der Waals surface area contributed by atoms with E-state index in [1.165, 1.54) is 18.2 Å². The van der Waals surface area contributed by atoms with Crippen molar-refractivity contribution in [3.8, 4) is 11.6 Å². The second kappa shape index (κ2) is 5.83. The van der Waals surface area contributed by atoms with Crippen LogP contribution in [-0.2, 0) is 6.54 Å². The summed E-state index contributed by atoms with van der Waals surface area (Å²) in [6.45, 7) is 4.02. The van der Waals surface area contributed by atoms with Crippen molar-refractivity contribution < 1.29 is 9.13 Å². The van der Waals surface area contributed by atoms with Crippen LogP contribution in [0.1, 0.15) is 31.2 Å². The maximum Gasteiger partial charge on any atom is 0.254 e. The Morgan fingerprint density at radius 3 is 2.75 bits per heavy atom. The molecule has 5 nitrogen and oxygen atoms in total. The molecule has 2 aromatic rings. The van der Waals surface area contributed by atoms with Crippen LogP contribution in [0.15, 0.2) is 29.1 Å². The number of halogens is 1. The van der Waals surface area contributed by atoms with Crippen molar-refractivity contribution in [2.75, 3.05) is 0 Å². The second-order valence-corrected chi connectivity index (χ2v) is 4.69. The predicted molar refractivity (Wildman–Crippen MR) is 73.3 cm³/mol. The van der Waals surface area contributed by atoms with Gasteiger partial charge in [0.1, 0.15) is 5.82 Å². The summed E-state index contributed by atoms with van der Waals surface area (Å²) < 4.78 is 19.1. The summed E-state index contributed by atoms with van der Waals surface area (Å²) in [4.78, 5) is 18.3. The number of aromatic nitrogens is 2. The van der Waals surface area contributed by atoms with Crippen LogP contribution in [0, 0.1) is 5.82 Å². The second-order valence-electron chi connectivity index (χ2n) is 4.69. The minimum absolute atomic E-state index is 0.00926. The van der Waals surface area contributed by atoms with E-state index < -0.39 is 5.82 Å². The Bertz CT molecular complexity index is 668. The Hall–Kier alpha value is -2.21. The average Bonchev–Trinajstić information content (AvgIpc) is 2.40. The van der Waals surface area contributed by atoms with Crippen LogP contribution in [-0.4, -0.2) is 9.97 Å². The summed E-state index contributed by atoms with van der Waals surface area (Å²) in [5.74, 6) is 0.0650. The van der Waals surface area contributed by atoms with Gasteiger partial charge in [-0.05, 0) is 17.7 Å². The number of nitrogens with zero attached hydrogens (tertiary/aromatic N) is 1. The highest BCUT2D eigenvalue weighted by molar-refractivity contribution is 5.32. The van der Waals surface area contributed by atoms with Crippen molar-refractivity contribution >= 4 is 0 Å². The molecule has 0 unspecified atom stereocenters. The van der Waals surface area contributed by atoms with Gasteiger partial charge in [-0.15, -0.1) is 0 Å². The lowest BCUT2D eigenvalue weighted by Crippen LogP contribution is -2.12. The number of nitrogens with two attached hydrogens (primary N) is 1. The van der Waals surface area contributed by atoms with Gasteiger partial charge in [0, 0.05) is 12.5 Å². The quantitative estimate of drug-likeness (QED) is 0.898. The van der Waals surface area contributed by atoms with E-state index in [4.69, 9.17) is 10.5 Å². The predicted octanol–water partition coefficient (Wildman–Crippen LogP) is 2.28. The first-order chi connectivity index (χ1) is 9.49. The van der Waals surface area contributed by atoms with Crippen LogP contribution in [0.4, 0.5) is 4.39 Å². The molecule has 0 saturated heterocycles. The van der Waals surface area contributed by atoms with Crippen LogP contribution >= 0.6 is 0 Å². The number of ether oxygens (including phenoxy) is 1. The number of hydrogen-bond acceptors (Lipinski definition) is 4.